The smallest absolute Gasteiger partial charge is 0.252 e. The maximum atomic E-state index is 13.7. The summed E-state index contributed by atoms with van der Waals surface area (Å²) < 4.78 is 10.8. The number of fused-ring (bicyclic) bond motifs is 3. The largest absolute Gasteiger partial charge is 0.500 e. The van der Waals surface area contributed by atoms with Crippen molar-refractivity contribution in [2.45, 2.75) is 50.7 Å². The molecular weight excluding hydrogens is 472 g/mol. The first-order valence-corrected chi connectivity index (χ1v) is 11.5. The van der Waals surface area contributed by atoms with Gasteiger partial charge in [0.2, 0.25) is 0 Å². The maximum Gasteiger partial charge on any atom is 0.252 e. The monoisotopic (exact) mass is 496 g/mol. The third kappa shape index (κ3) is 3.51. The lowest BCUT2D eigenvalue weighted by Gasteiger charge is -2.37. The summed E-state index contributed by atoms with van der Waals surface area (Å²) in [6.45, 7) is 2.11. The van der Waals surface area contributed by atoms with Gasteiger partial charge in [-0.1, -0.05) is 18.2 Å². The molecule has 4 rings (SSSR count). The molecule has 0 fully saturated rings. The highest BCUT2D eigenvalue weighted by Crippen LogP contribution is 2.53. The fourth-order valence-electron chi connectivity index (χ4n) is 5.26. The normalized spacial score (nSPS) is 22.6. The van der Waals surface area contributed by atoms with Crippen molar-refractivity contribution in [2.24, 2.45) is 15.5 Å². The topological polar surface area (TPSA) is 170 Å². The van der Waals surface area contributed by atoms with Crippen molar-refractivity contribution < 1.29 is 23.9 Å². The molecule has 1 aromatic carbocycles. The van der Waals surface area contributed by atoms with E-state index >= 15 is 0 Å². The van der Waals surface area contributed by atoms with E-state index in [1.165, 1.54) is 14.2 Å². The van der Waals surface area contributed by atoms with Gasteiger partial charge >= 0.3 is 0 Å². The second-order valence-electron chi connectivity index (χ2n) is 8.82. The summed E-state index contributed by atoms with van der Waals surface area (Å²) >= 11 is 0. The number of benzene rings is 1. The summed E-state index contributed by atoms with van der Waals surface area (Å²) in [7, 11) is 2.65. The molecule has 1 aromatic rings. The van der Waals surface area contributed by atoms with Gasteiger partial charge in [-0.05, 0) is 28.8 Å². The van der Waals surface area contributed by atoms with Crippen molar-refractivity contribution >= 4 is 28.8 Å². The fraction of sp³-hybridized carbons (Fsp3) is 0.458. The number of ketones is 2. The number of nitroso groups, excluding NO2 is 3. The molecule has 0 saturated heterocycles. The van der Waals surface area contributed by atoms with E-state index in [0.29, 0.717) is 19.3 Å². The van der Waals surface area contributed by atoms with Gasteiger partial charge in [0.25, 0.3) is 5.91 Å². The van der Waals surface area contributed by atoms with E-state index in [4.69, 9.17) is 9.47 Å². The Bertz CT molecular complexity index is 1280. The average Bonchev–Trinajstić information content (AvgIpc) is 2.91. The molecular formula is C24H24N4O8. The lowest BCUT2D eigenvalue weighted by molar-refractivity contribution is -0.128. The van der Waals surface area contributed by atoms with E-state index in [2.05, 4.69) is 20.8 Å². The van der Waals surface area contributed by atoms with Gasteiger partial charge in [0.15, 0.2) is 17.1 Å². The van der Waals surface area contributed by atoms with E-state index < -0.39 is 46.9 Å². The second kappa shape index (κ2) is 9.61. The number of rotatable bonds is 8. The van der Waals surface area contributed by atoms with Crippen molar-refractivity contribution in [3.05, 3.63) is 60.0 Å². The number of hydrogen-bond donors (Lipinski definition) is 1. The Kier molecular flexibility index (Phi) is 6.72. The van der Waals surface area contributed by atoms with E-state index in [1.54, 1.807) is 6.08 Å². The molecule has 0 heterocycles. The summed E-state index contributed by atoms with van der Waals surface area (Å²) in [6, 6.07) is 0. The molecule has 1 N–H and O–H groups in total. The van der Waals surface area contributed by atoms with Gasteiger partial charge in [-0.15, -0.1) is 14.7 Å². The van der Waals surface area contributed by atoms with Crippen molar-refractivity contribution in [1.82, 2.24) is 5.32 Å². The predicted octanol–water partition coefficient (Wildman–Crippen LogP) is 4.15. The minimum Gasteiger partial charge on any atom is -0.500 e. The van der Waals surface area contributed by atoms with Crippen LogP contribution in [0.4, 0.5) is 11.4 Å². The molecule has 3 aliphatic carbocycles. The highest BCUT2D eigenvalue weighted by molar-refractivity contribution is 6.34. The molecule has 2 atom stereocenters. The van der Waals surface area contributed by atoms with Crippen molar-refractivity contribution in [2.75, 3.05) is 20.8 Å². The molecule has 0 aliphatic heterocycles. The molecule has 0 bridgehead atoms. The zero-order chi connectivity index (χ0) is 26.2. The molecule has 12 heteroatoms. The summed E-state index contributed by atoms with van der Waals surface area (Å²) in [5.41, 5.74) is -3.43. The number of hydrogen-bond acceptors (Lipinski definition) is 11. The van der Waals surface area contributed by atoms with Gasteiger partial charge in [0, 0.05) is 44.1 Å². The third-order valence-corrected chi connectivity index (χ3v) is 6.94. The SMILES string of the molecule is CCCNC(=O)[C@]1(N=O)Cc2c(N=O)c3c(c(N=O)c2[C@@H](OC)C1)C(=O)C1=C(OC)CCC=C1C3=O. The van der Waals surface area contributed by atoms with E-state index in [1.807, 2.05) is 6.92 Å². The molecule has 3 aliphatic rings. The van der Waals surface area contributed by atoms with E-state index in [0.717, 1.165) is 0 Å². The number of amides is 1. The Labute approximate surface area is 205 Å². The number of ether oxygens (including phenoxy) is 2. The van der Waals surface area contributed by atoms with Gasteiger partial charge in [0.1, 0.15) is 17.1 Å². The summed E-state index contributed by atoms with van der Waals surface area (Å²) in [5, 5.41) is 11.9. The van der Waals surface area contributed by atoms with Crippen molar-refractivity contribution in [3.8, 4) is 0 Å². The zero-order valence-electron chi connectivity index (χ0n) is 20.0. The Morgan fingerprint density at radius 1 is 1.11 bits per heavy atom. The van der Waals surface area contributed by atoms with Crippen molar-refractivity contribution in [3.63, 3.8) is 0 Å². The van der Waals surface area contributed by atoms with Crippen LogP contribution in [0.25, 0.3) is 0 Å². The van der Waals surface area contributed by atoms with Gasteiger partial charge in [-0.2, -0.15) is 0 Å². The van der Waals surface area contributed by atoms with Crippen LogP contribution in [0.2, 0.25) is 0 Å². The van der Waals surface area contributed by atoms with Crippen LogP contribution < -0.4 is 5.32 Å². The number of methoxy groups -OCH3 is 2. The van der Waals surface area contributed by atoms with Crippen LogP contribution in [0, 0.1) is 14.7 Å². The first kappa shape index (κ1) is 25.2. The number of nitrogens with one attached hydrogen (secondary N) is 1. The zero-order valence-corrected chi connectivity index (χ0v) is 20.0. The van der Waals surface area contributed by atoms with E-state index in [9.17, 15) is 29.1 Å². The average molecular weight is 496 g/mol. The summed E-state index contributed by atoms with van der Waals surface area (Å²) in [4.78, 5) is 76.7. The number of Topliss-reactive ketones (excluding diaryl/α,β-unsaturated/α-hetero) is 2. The molecule has 12 nitrogen and oxygen atoms in total. The molecule has 0 unspecified atom stereocenters. The summed E-state index contributed by atoms with van der Waals surface area (Å²) in [6.07, 6.45) is 1.16. The van der Waals surface area contributed by atoms with Crippen LogP contribution >= 0.6 is 0 Å². The highest BCUT2D eigenvalue weighted by atomic mass is 16.5. The fourth-order valence-corrected chi connectivity index (χ4v) is 5.26. The number of allylic oxidation sites excluding steroid dienone is 4. The van der Waals surface area contributed by atoms with Gasteiger partial charge < -0.3 is 14.8 Å². The minimum absolute atomic E-state index is 0.00979. The van der Waals surface area contributed by atoms with E-state index in [-0.39, 0.29) is 52.1 Å². The van der Waals surface area contributed by atoms with Crippen LogP contribution in [0.15, 0.2) is 38.5 Å². The van der Waals surface area contributed by atoms with Crippen molar-refractivity contribution in [1.29, 1.82) is 0 Å². The standard InChI is InChI=1S/C24H24N4O8/c1-4-8-25-23(31)24(28-34)9-12-15(14(10-24)36-3)20(27-33)18-17(19(12)26-32)21(29)11-6-5-7-13(35-2)16(11)22(18)30/h6,14H,4-5,7-10H2,1-3H3,(H,25,31)/t14-,24-/m0/s1. The highest BCUT2D eigenvalue weighted by Gasteiger charge is 2.52. The summed E-state index contributed by atoms with van der Waals surface area (Å²) in [5.74, 6) is -1.80. The molecule has 0 radical (unpaired) electrons. The third-order valence-electron chi connectivity index (χ3n) is 6.94. The molecule has 0 aromatic heterocycles. The molecule has 1 amide bonds. The lowest BCUT2D eigenvalue weighted by Crippen LogP contribution is -2.50. The number of carbonyl (C=O) groups is 3. The molecule has 0 saturated carbocycles. The Morgan fingerprint density at radius 2 is 1.81 bits per heavy atom. The number of nitrogens with zero attached hydrogens (tertiary/aromatic N) is 3. The maximum absolute atomic E-state index is 13.7. The molecule has 36 heavy (non-hydrogen) atoms. The Balaban J connectivity index is 2.06. The first-order chi connectivity index (χ1) is 17.3. The molecule has 188 valence electrons. The van der Waals surface area contributed by atoms with Crippen LogP contribution in [0.5, 0.6) is 0 Å². The first-order valence-electron chi connectivity index (χ1n) is 11.5. The van der Waals surface area contributed by atoms with Gasteiger partial charge in [-0.3, -0.25) is 14.4 Å². The van der Waals surface area contributed by atoms with Crippen LogP contribution in [-0.4, -0.2) is 43.8 Å². The minimum atomic E-state index is -1.89. The Morgan fingerprint density at radius 3 is 2.39 bits per heavy atom. The van der Waals surface area contributed by atoms with Crippen LogP contribution in [0.3, 0.4) is 0 Å². The number of carbonyl (C=O) groups excluding carboxylic acids is 3. The molecule has 0 spiro atoms. The van der Waals surface area contributed by atoms with Gasteiger partial charge in [0.05, 0.1) is 29.9 Å². The van der Waals surface area contributed by atoms with Gasteiger partial charge in [-0.25, -0.2) is 0 Å². The predicted molar refractivity (Wildman–Crippen MR) is 127 cm³/mol. The quantitative estimate of drug-likeness (QED) is 0.523. The lowest BCUT2D eigenvalue weighted by atomic mass is 9.69. The van der Waals surface area contributed by atoms with Crippen LogP contribution in [-0.2, 0) is 20.7 Å². The Hall–Kier alpha value is -3.93. The second-order valence-corrected chi connectivity index (χ2v) is 8.82. The van der Waals surface area contributed by atoms with Crippen LogP contribution in [0.1, 0.15) is 70.6 Å².